The molecule has 33 heavy (non-hydrogen) atoms. The van der Waals surface area contributed by atoms with Gasteiger partial charge in [-0.05, 0) is 32.7 Å². The summed E-state index contributed by atoms with van der Waals surface area (Å²) in [7, 11) is 0. The van der Waals surface area contributed by atoms with Crippen molar-refractivity contribution in [2.24, 2.45) is 17.2 Å². The van der Waals surface area contributed by atoms with E-state index in [-0.39, 0.29) is 12.8 Å². The maximum absolute atomic E-state index is 12.7. The Bertz CT molecular complexity index is 815. The van der Waals surface area contributed by atoms with Gasteiger partial charge in [0.25, 0.3) is 0 Å². The molecule has 4 atom stereocenters. The number of carboxylic acid groups (broad SMARTS) is 1. The van der Waals surface area contributed by atoms with Gasteiger partial charge in [-0.3, -0.25) is 19.2 Å². The lowest BCUT2D eigenvalue weighted by molar-refractivity contribution is -0.143. The van der Waals surface area contributed by atoms with Crippen LogP contribution in [0.4, 0.5) is 0 Å². The number of rotatable bonds is 15. The number of unbranched alkanes of at least 4 members (excludes halogenated alkanes) is 1. The first-order valence-electron chi connectivity index (χ1n) is 10.4. The summed E-state index contributed by atoms with van der Waals surface area (Å²) in [5, 5.41) is 16.3. The summed E-state index contributed by atoms with van der Waals surface area (Å²) in [5.41, 5.74) is 17.0. The predicted octanol–water partition coefficient (Wildman–Crippen LogP) is -3.16. The number of hydrogen-bond acceptors (Lipinski definition) is 8. The second-order valence-corrected chi connectivity index (χ2v) is 7.53. The molecule has 0 fully saturated rings. The quantitative estimate of drug-likeness (QED) is 0.121. The van der Waals surface area contributed by atoms with Crippen LogP contribution < -0.4 is 33.2 Å². The average molecular weight is 469 g/mol. The number of nitrogens with one attached hydrogen (secondary N) is 4. The van der Waals surface area contributed by atoms with E-state index in [2.05, 4.69) is 25.9 Å². The first-order chi connectivity index (χ1) is 15.5. The Balaban J connectivity index is 2.75. The van der Waals surface area contributed by atoms with Crippen molar-refractivity contribution in [1.29, 1.82) is 0 Å². The van der Waals surface area contributed by atoms with E-state index in [1.807, 2.05) is 0 Å². The number of amides is 4. The summed E-state index contributed by atoms with van der Waals surface area (Å²) in [4.78, 5) is 66.4. The van der Waals surface area contributed by atoms with Gasteiger partial charge >= 0.3 is 5.97 Å². The normalized spacial score (nSPS) is 14.4. The van der Waals surface area contributed by atoms with E-state index in [9.17, 15) is 24.0 Å². The number of hydrogen-bond donors (Lipinski definition) is 8. The van der Waals surface area contributed by atoms with Crippen molar-refractivity contribution in [3.63, 3.8) is 0 Å². The molecule has 1 aromatic heterocycles. The van der Waals surface area contributed by atoms with Gasteiger partial charge in [0, 0.05) is 18.3 Å². The van der Waals surface area contributed by atoms with Gasteiger partial charge in [0.1, 0.15) is 18.1 Å². The third kappa shape index (κ3) is 10.1. The van der Waals surface area contributed by atoms with Gasteiger partial charge in [0.15, 0.2) is 0 Å². The SMILES string of the molecule is CC(NC(=O)C(CCCCN)NC(=O)C(N)Cc1cnc[nH]1)C(=O)NC(CC(N)=O)C(=O)O. The summed E-state index contributed by atoms with van der Waals surface area (Å²) in [6.07, 6.45) is 3.95. The molecule has 0 aromatic carbocycles. The van der Waals surface area contributed by atoms with Gasteiger partial charge in [-0.2, -0.15) is 0 Å². The highest BCUT2D eigenvalue weighted by Crippen LogP contribution is 2.04. The van der Waals surface area contributed by atoms with E-state index < -0.39 is 60.2 Å². The van der Waals surface area contributed by atoms with Crippen LogP contribution in [0, 0.1) is 0 Å². The third-order valence-electron chi connectivity index (χ3n) is 4.68. The van der Waals surface area contributed by atoms with Crippen molar-refractivity contribution in [1.82, 2.24) is 25.9 Å². The van der Waals surface area contributed by atoms with Crippen LogP contribution in [0.5, 0.6) is 0 Å². The fourth-order valence-electron chi connectivity index (χ4n) is 2.84. The highest BCUT2D eigenvalue weighted by atomic mass is 16.4. The number of primary amides is 1. The van der Waals surface area contributed by atoms with Crippen LogP contribution in [-0.4, -0.2) is 75.4 Å². The lowest BCUT2D eigenvalue weighted by Crippen LogP contribution is -2.56. The molecule has 4 amide bonds. The zero-order chi connectivity index (χ0) is 25.0. The van der Waals surface area contributed by atoms with Gasteiger partial charge in [-0.1, -0.05) is 0 Å². The Labute approximate surface area is 190 Å². The molecule has 4 unspecified atom stereocenters. The van der Waals surface area contributed by atoms with Crippen molar-refractivity contribution in [3.05, 3.63) is 18.2 Å². The van der Waals surface area contributed by atoms with Crippen molar-refractivity contribution < 1.29 is 29.1 Å². The fourth-order valence-corrected chi connectivity index (χ4v) is 2.84. The van der Waals surface area contributed by atoms with Gasteiger partial charge in [-0.25, -0.2) is 9.78 Å². The van der Waals surface area contributed by atoms with Crippen molar-refractivity contribution in [3.8, 4) is 0 Å². The minimum Gasteiger partial charge on any atom is -0.480 e. The Morgan fingerprint density at radius 1 is 1.06 bits per heavy atom. The largest absolute Gasteiger partial charge is 0.480 e. The second-order valence-electron chi connectivity index (χ2n) is 7.53. The zero-order valence-corrected chi connectivity index (χ0v) is 18.4. The van der Waals surface area contributed by atoms with Gasteiger partial charge < -0.3 is 43.2 Å². The molecule has 0 saturated carbocycles. The Kier molecular flexibility index (Phi) is 11.5. The number of aromatic amines is 1. The van der Waals surface area contributed by atoms with E-state index in [1.54, 1.807) is 0 Å². The number of nitrogens with zero attached hydrogens (tertiary/aromatic N) is 1. The monoisotopic (exact) mass is 468 g/mol. The van der Waals surface area contributed by atoms with E-state index >= 15 is 0 Å². The fraction of sp³-hybridized carbons (Fsp3) is 0.579. The van der Waals surface area contributed by atoms with E-state index in [1.165, 1.54) is 19.4 Å². The molecular weight excluding hydrogens is 436 g/mol. The number of nitrogens with two attached hydrogens (primary N) is 3. The lowest BCUT2D eigenvalue weighted by Gasteiger charge is -2.23. The molecule has 1 rings (SSSR count). The standard InChI is InChI=1S/C19H32N8O6/c1-10(16(29)27-14(19(32)33)7-15(22)28)25-18(31)13(4-2-3-5-20)26-17(30)12(21)6-11-8-23-9-24-11/h8-10,12-14H,2-7,20-21H2,1H3,(H2,22,28)(H,23,24)(H,25,31)(H,26,30)(H,27,29)(H,32,33). The molecule has 0 saturated heterocycles. The van der Waals surface area contributed by atoms with Gasteiger partial charge in [-0.15, -0.1) is 0 Å². The van der Waals surface area contributed by atoms with E-state index in [0.717, 1.165) is 0 Å². The number of imidazole rings is 1. The molecule has 184 valence electrons. The summed E-state index contributed by atoms with van der Waals surface area (Å²) < 4.78 is 0. The Hall–Kier alpha value is -3.52. The number of H-pyrrole nitrogens is 1. The number of carboxylic acids is 1. The smallest absolute Gasteiger partial charge is 0.326 e. The van der Waals surface area contributed by atoms with Crippen LogP contribution in [0.3, 0.4) is 0 Å². The van der Waals surface area contributed by atoms with Crippen LogP contribution in [0.15, 0.2) is 12.5 Å². The number of aliphatic carboxylic acids is 1. The molecule has 0 aliphatic heterocycles. The molecule has 0 spiro atoms. The lowest BCUT2D eigenvalue weighted by atomic mass is 10.1. The molecular formula is C19H32N8O6. The van der Waals surface area contributed by atoms with Crippen molar-refractivity contribution >= 4 is 29.6 Å². The van der Waals surface area contributed by atoms with E-state index in [0.29, 0.717) is 25.1 Å². The molecule has 14 nitrogen and oxygen atoms in total. The highest BCUT2D eigenvalue weighted by Gasteiger charge is 2.28. The molecule has 14 heteroatoms. The first-order valence-corrected chi connectivity index (χ1v) is 10.4. The van der Waals surface area contributed by atoms with Crippen LogP contribution in [-0.2, 0) is 30.4 Å². The predicted molar refractivity (Wildman–Crippen MR) is 116 cm³/mol. The molecule has 0 aliphatic carbocycles. The maximum atomic E-state index is 12.7. The van der Waals surface area contributed by atoms with Crippen molar-refractivity contribution in [2.45, 2.75) is 63.2 Å². The Morgan fingerprint density at radius 3 is 2.27 bits per heavy atom. The third-order valence-corrected chi connectivity index (χ3v) is 4.68. The highest BCUT2D eigenvalue weighted by molar-refractivity contribution is 5.94. The number of aromatic nitrogens is 2. The molecule has 1 heterocycles. The number of carbonyl (C=O) groups excluding carboxylic acids is 4. The van der Waals surface area contributed by atoms with Crippen molar-refractivity contribution in [2.75, 3.05) is 6.54 Å². The average Bonchev–Trinajstić information content (AvgIpc) is 3.24. The van der Waals surface area contributed by atoms with Crippen LogP contribution in [0.2, 0.25) is 0 Å². The zero-order valence-electron chi connectivity index (χ0n) is 18.4. The Morgan fingerprint density at radius 2 is 1.73 bits per heavy atom. The summed E-state index contributed by atoms with van der Waals surface area (Å²) in [5.74, 6) is -4.41. The number of carbonyl (C=O) groups is 5. The second kappa shape index (κ2) is 13.8. The van der Waals surface area contributed by atoms with E-state index in [4.69, 9.17) is 22.3 Å². The maximum Gasteiger partial charge on any atom is 0.326 e. The summed E-state index contributed by atoms with van der Waals surface area (Å²) in [6, 6.07) is -4.62. The first kappa shape index (κ1) is 27.5. The van der Waals surface area contributed by atoms with Crippen LogP contribution in [0.25, 0.3) is 0 Å². The van der Waals surface area contributed by atoms with Gasteiger partial charge in [0.05, 0.1) is 18.8 Å². The molecule has 0 bridgehead atoms. The van der Waals surface area contributed by atoms with Crippen LogP contribution >= 0.6 is 0 Å². The summed E-state index contributed by atoms with van der Waals surface area (Å²) >= 11 is 0. The molecule has 11 N–H and O–H groups in total. The summed E-state index contributed by atoms with van der Waals surface area (Å²) in [6.45, 7) is 1.73. The minimum absolute atomic E-state index is 0.179. The minimum atomic E-state index is -1.53. The van der Waals surface area contributed by atoms with Crippen LogP contribution in [0.1, 0.15) is 38.3 Å². The molecule has 0 aliphatic rings. The molecule has 0 radical (unpaired) electrons. The molecule has 1 aromatic rings. The topological polar surface area (TPSA) is 248 Å². The van der Waals surface area contributed by atoms with Gasteiger partial charge in [0.2, 0.25) is 23.6 Å².